The smallest absolute Gasteiger partial charge is 0.221 e. The maximum atomic E-state index is 6.02. The number of nitrogens with zero attached hydrogens (tertiary/aromatic N) is 4. The van der Waals surface area contributed by atoms with Crippen LogP contribution in [0.5, 0.6) is 0 Å². The quantitative estimate of drug-likeness (QED) is 0.653. The van der Waals surface area contributed by atoms with E-state index in [0.29, 0.717) is 10.0 Å². The maximum Gasteiger partial charge on any atom is 0.221 e. The molecule has 7 heteroatoms. The molecule has 0 unspecified atom stereocenters. The summed E-state index contributed by atoms with van der Waals surface area (Å²) < 4.78 is 3.90. The number of halogens is 2. The first-order chi connectivity index (χ1) is 11.0. The van der Waals surface area contributed by atoms with Crippen LogP contribution in [0.3, 0.4) is 0 Å². The third-order valence-corrected chi connectivity index (χ3v) is 4.59. The third kappa shape index (κ3) is 3.75. The van der Waals surface area contributed by atoms with Gasteiger partial charge in [-0.25, -0.2) is 9.98 Å². The molecule has 0 radical (unpaired) electrons. The van der Waals surface area contributed by atoms with E-state index in [9.17, 15) is 0 Å². The highest BCUT2D eigenvalue weighted by Crippen LogP contribution is 2.18. The van der Waals surface area contributed by atoms with E-state index in [1.165, 1.54) is 11.5 Å². The molecule has 0 spiro atoms. The van der Waals surface area contributed by atoms with E-state index in [4.69, 9.17) is 23.2 Å². The highest BCUT2D eigenvalue weighted by Gasteiger charge is 2.02. The number of aryl methyl sites for hydroxylation is 1. The Morgan fingerprint density at radius 1 is 0.870 bits per heavy atom. The first-order valence-electron chi connectivity index (χ1n) is 6.87. The lowest BCUT2D eigenvalue weighted by molar-refractivity contribution is 0.738. The second-order valence-corrected chi connectivity index (χ2v) is 6.88. The van der Waals surface area contributed by atoms with Crippen LogP contribution >= 0.6 is 34.7 Å². The summed E-state index contributed by atoms with van der Waals surface area (Å²) in [6.07, 6.45) is 0. The van der Waals surface area contributed by atoms with Crippen molar-refractivity contribution in [2.24, 2.45) is 24.1 Å². The summed E-state index contributed by atoms with van der Waals surface area (Å²) in [5, 5.41) is 1.33. The van der Waals surface area contributed by atoms with Gasteiger partial charge in [-0.05, 0) is 47.9 Å². The molecule has 118 valence electrons. The van der Waals surface area contributed by atoms with Gasteiger partial charge in [0, 0.05) is 24.1 Å². The van der Waals surface area contributed by atoms with Gasteiger partial charge in [0.15, 0.2) is 0 Å². The van der Waals surface area contributed by atoms with Gasteiger partial charge in [0.2, 0.25) is 10.4 Å². The van der Waals surface area contributed by atoms with Gasteiger partial charge in [0.25, 0.3) is 0 Å². The van der Waals surface area contributed by atoms with Crippen molar-refractivity contribution in [1.29, 1.82) is 0 Å². The molecule has 0 saturated heterocycles. The van der Waals surface area contributed by atoms with Crippen molar-refractivity contribution < 1.29 is 0 Å². The molecule has 0 N–H and O–H groups in total. The van der Waals surface area contributed by atoms with Crippen LogP contribution in [-0.4, -0.2) is 8.52 Å². The van der Waals surface area contributed by atoms with Crippen molar-refractivity contribution in [3.63, 3.8) is 0 Å². The molecule has 1 aromatic heterocycles. The van der Waals surface area contributed by atoms with E-state index < -0.39 is 0 Å². The molecule has 3 rings (SSSR count). The lowest BCUT2D eigenvalue weighted by Crippen LogP contribution is -2.26. The predicted molar refractivity (Wildman–Crippen MR) is 95.6 cm³/mol. The molecule has 23 heavy (non-hydrogen) atoms. The standard InChI is InChI=1S/C16H14Cl2N4S/c1-21-15(19-13-7-3-5-11(17)9-13)22(2)23-16(21)20-14-8-4-6-12(18)10-14/h3-10H,1-2H3. The largest absolute Gasteiger partial charge is 0.289 e. The number of hydrogen-bond donors (Lipinski definition) is 0. The van der Waals surface area contributed by atoms with E-state index in [1.807, 2.05) is 71.2 Å². The first kappa shape index (κ1) is 16.1. The maximum absolute atomic E-state index is 6.02. The highest BCUT2D eigenvalue weighted by molar-refractivity contribution is 7.03. The zero-order valence-electron chi connectivity index (χ0n) is 12.6. The molecule has 0 aliphatic heterocycles. The fourth-order valence-corrected chi connectivity index (χ4v) is 3.29. The highest BCUT2D eigenvalue weighted by atomic mass is 35.5. The van der Waals surface area contributed by atoms with Gasteiger partial charge < -0.3 is 0 Å². The Morgan fingerprint density at radius 3 is 2.00 bits per heavy atom. The molecule has 0 bridgehead atoms. The molecule has 3 aromatic rings. The van der Waals surface area contributed by atoms with Crippen LogP contribution in [0.1, 0.15) is 0 Å². The van der Waals surface area contributed by atoms with Crippen molar-refractivity contribution in [3.8, 4) is 0 Å². The minimum absolute atomic E-state index is 0.663. The molecule has 4 nitrogen and oxygen atoms in total. The molecular weight excluding hydrogens is 351 g/mol. The van der Waals surface area contributed by atoms with Crippen molar-refractivity contribution in [3.05, 3.63) is 69.0 Å². The molecule has 0 aliphatic rings. The summed E-state index contributed by atoms with van der Waals surface area (Å²) in [6, 6.07) is 14.9. The predicted octanol–water partition coefficient (Wildman–Crippen LogP) is 4.20. The summed E-state index contributed by atoms with van der Waals surface area (Å²) in [6.45, 7) is 0. The average molecular weight is 365 g/mol. The Labute approximate surface area is 147 Å². The van der Waals surface area contributed by atoms with Crippen molar-refractivity contribution >= 4 is 46.1 Å². The van der Waals surface area contributed by atoms with Gasteiger partial charge in [-0.2, -0.15) is 0 Å². The lowest BCUT2D eigenvalue weighted by atomic mass is 10.3. The van der Waals surface area contributed by atoms with Crippen LogP contribution in [0.2, 0.25) is 10.0 Å². The van der Waals surface area contributed by atoms with Crippen molar-refractivity contribution in [2.45, 2.75) is 0 Å². The fourth-order valence-electron chi connectivity index (χ4n) is 2.08. The Hall–Kier alpha value is -1.82. The Morgan fingerprint density at radius 2 is 1.43 bits per heavy atom. The Balaban J connectivity index is 2.13. The van der Waals surface area contributed by atoms with Crippen LogP contribution in [-0.2, 0) is 14.1 Å². The zero-order valence-corrected chi connectivity index (χ0v) is 14.9. The summed E-state index contributed by atoms with van der Waals surface area (Å²) in [5.74, 6) is 0. The normalized spacial score (nSPS) is 12.9. The SMILES string of the molecule is Cn1sc(=Nc2cccc(Cl)c2)n(C)c1=Nc1cccc(Cl)c1. The van der Waals surface area contributed by atoms with Crippen molar-refractivity contribution in [1.82, 2.24) is 8.52 Å². The first-order valence-corrected chi connectivity index (χ1v) is 8.40. The van der Waals surface area contributed by atoms with Gasteiger partial charge in [-0.3, -0.25) is 8.52 Å². The molecule has 0 aliphatic carbocycles. The molecule has 1 heterocycles. The molecule has 0 atom stereocenters. The van der Waals surface area contributed by atoms with Crippen LogP contribution in [0.25, 0.3) is 0 Å². The molecule has 0 amide bonds. The van der Waals surface area contributed by atoms with Gasteiger partial charge in [0.1, 0.15) is 0 Å². The molecule has 0 saturated carbocycles. The summed E-state index contributed by atoms with van der Waals surface area (Å²) >= 11 is 13.5. The minimum atomic E-state index is 0.663. The molecule has 2 aromatic carbocycles. The van der Waals surface area contributed by atoms with E-state index in [1.54, 1.807) is 0 Å². The number of benzene rings is 2. The second-order valence-electron chi connectivity index (χ2n) is 4.91. The lowest BCUT2D eigenvalue weighted by Gasteiger charge is -1.96. The van der Waals surface area contributed by atoms with Crippen LogP contribution in [0.15, 0.2) is 58.5 Å². The van der Waals surface area contributed by atoms with E-state index >= 15 is 0 Å². The summed E-state index contributed by atoms with van der Waals surface area (Å²) in [7, 11) is 3.88. The third-order valence-electron chi connectivity index (χ3n) is 3.16. The molecule has 0 fully saturated rings. The van der Waals surface area contributed by atoms with E-state index in [2.05, 4.69) is 9.98 Å². The zero-order chi connectivity index (χ0) is 16.4. The monoisotopic (exact) mass is 364 g/mol. The minimum Gasteiger partial charge on any atom is -0.289 e. The van der Waals surface area contributed by atoms with Gasteiger partial charge in [-0.15, -0.1) is 0 Å². The summed E-state index contributed by atoms with van der Waals surface area (Å²) in [4.78, 5) is 10.1. The second kappa shape index (κ2) is 6.74. The van der Waals surface area contributed by atoms with Crippen LogP contribution < -0.4 is 10.4 Å². The van der Waals surface area contributed by atoms with Crippen LogP contribution in [0, 0.1) is 0 Å². The van der Waals surface area contributed by atoms with Gasteiger partial charge >= 0.3 is 0 Å². The summed E-state index contributed by atoms with van der Waals surface area (Å²) in [5.41, 5.74) is 2.40. The van der Waals surface area contributed by atoms with Gasteiger partial charge in [-0.1, -0.05) is 35.3 Å². The topological polar surface area (TPSA) is 34.6 Å². The van der Waals surface area contributed by atoms with Crippen LogP contribution in [0.4, 0.5) is 11.4 Å². The van der Waals surface area contributed by atoms with Gasteiger partial charge in [0.05, 0.1) is 11.4 Å². The average Bonchev–Trinajstić information content (AvgIpc) is 2.75. The Bertz CT molecular complexity index is 982. The molecular formula is C16H14Cl2N4S. The number of rotatable bonds is 2. The van der Waals surface area contributed by atoms with E-state index in [0.717, 1.165) is 21.8 Å². The van der Waals surface area contributed by atoms with E-state index in [-0.39, 0.29) is 0 Å². The Kier molecular flexibility index (Phi) is 4.71. The number of aromatic nitrogens is 2. The fraction of sp³-hybridized carbons (Fsp3) is 0.125. The number of hydrogen-bond acceptors (Lipinski definition) is 3. The van der Waals surface area contributed by atoms with Crippen molar-refractivity contribution in [2.75, 3.05) is 0 Å².